The van der Waals surface area contributed by atoms with Crippen molar-refractivity contribution in [2.45, 2.75) is 0 Å². The highest BCUT2D eigenvalue weighted by Crippen LogP contribution is 2.27. The number of hydrogen-bond donors (Lipinski definition) is 1. The van der Waals surface area contributed by atoms with Crippen molar-refractivity contribution in [3.63, 3.8) is 0 Å². The lowest BCUT2D eigenvalue weighted by Gasteiger charge is -2.09. The summed E-state index contributed by atoms with van der Waals surface area (Å²) in [6, 6.07) is 22.1. The van der Waals surface area contributed by atoms with Gasteiger partial charge in [0, 0.05) is 0 Å². The van der Waals surface area contributed by atoms with Crippen molar-refractivity contribution in [3.8, 4) is 34.4 Å². The van der Waals surface area contributed by atoms with E-state index in [2.05, 4.69) is 23.2 Å². The summed E-state index contributed by atoms with van der Waals surface area (Å²) < 4.78 is 16.3. The molecule has 33 heavy (non-hydrogen) atoms. The third-order valence-corrected chi connectivity index (χ3v) is 4.52. The number of ether oxygens (including phenoxy) is 3. The van der Waals surface area contributed by atoms with Crippen LogP contribution in [-0.2, 0) is 4.79 Å². The summed E-state index contributed by atoms with van der Waals surface area (Å²) in [7, 11) is 1.55. The molecule has 3 rings (SSSR count). The molecule has 7 heteroatoms. The summed E-state index contributed by atoms with van der Waals surface area (Å²) in [4.78, 5) is 12.0. The topological polar surface area (TPSA) is 92.9 Å². The molecular formula is C26H23N3O4. The van der Waals surface area contributed by atoms with E-state index in [1.807, 2.05) is 24.3 Å². The molecule has 1 amide bonds. The van der Waals surface area contributed by atoms with E-state index in [1.165, 1.54) is 6.21 Å². The Morgan fingerprint density at radius 1 is 1.03 bits per heavy atom. The van der Waals surface area contributed by atoms with Crippen LogP contribution in [0, 0.1) is 11.3 Å². The minimum absolute atomic E-state index is 0.175. The Morgan fingerprint density at radius 3 is 2.36 bits per heavy atom. The van der Waals surface area contributed by atoms with Crippen LogP contribution in [0.1, 0.15) is 11.1 Å². The molecule has 0 atom stereocenters. The maximum Gasteiger partial charge on any atom is 0.277 e. The monoisotopic (exact) mass is 441 g/mol. The number of hydrogen-bond acceptors (Lipinski definition) is 6. The van der Waals surface area contributed by atoms with Crippen LogP contribution >= 0.6 is 0 Å². The molecule has 0 unspecified atom stereocenters. The highest BCUT2D eigenvalue weighted by molar-refractivity contribution is 5.83. The second kappa shape index (κ2) is 11.7. The predicted octanol–water partition coefficient (Wildman–Crippen LogP) is 4.33. The van der Waals surface area contributed by atoms with E-state index in [9.17, 15) is 4.79 Å². The highest BCUT2D eigenvalue weighted by Gasteiger charge is 2.05. The van der Waals surface area contributed by atoms with Crippen LogP contribution in [0.25, 0.3) is 11.1 Å². The molecule has 0 heterocycles. The minimum atomic E-state index is -0.389. The Bertz CT molecular complexity index is 1160. The van der Waals surface area contributed by atoms with E-state index < -0.39 is 0 Å². The Kier molecular flexibility index (Phi) is 8.21. The molecule has 3 aromatic carbocycles. The third kappa shape index (κ3) is 6.71. The lowest BCUT2D eigenvalue weighted by Crippen LogP contribution is -2.24. The van der Waals surface area contributed by atoms with Gasteiger partial charge < -0.3 is 14.2 Å². The number of carbonyl (C=O) groups excluding carboxylic acids is 1. The first-order valence-corrected chi connectivity index (χ1v) is 10.1. The summed E-state index contributed by atoms with van der Waals surface area (Å²) in [5.41, 5.74) is 5.75. The summed E-state index contributed by atoms with van der Waals surface area (Å²) >= 11 is 0. The second-order valence-corrected chi connectivity index (χ2v) is 6.81. The average Bonchev–Trinajstić information content (AvgIpc) is 2.87. The SMILES string of the molecule is C=CCOc1ccc(/C=N/NC(=O)COc2ccc(-c3ccc(C#N)cc3)cc2)cc1OC. The van der Waals surface area contributed by atoms with Gasteiger partial charge in [0.05, 0.1) is 25.0 Å². The van der Waals surface area contributed by atoms with Crippen LogP contribution < -0.4 is 19.6 Å². The van der Waals surface area contributed by atoms with Gasteiger partial charge in [-0.1, -0.05) is 36.9 Å². The molecule has 166 valence electrons. The predicted molar refractivity (Wildman–Crippen MR) is 127 cm³/mol. The van der Waals surface area contributed by atoms with Gasteiger partial charge in [-0.3, -0.25) is 4.79 Å². The van der Waals surface area contributed by atoms with Crippen molar-refractivity contribution in [3.05, 3.63) is 90.5 Å². The van der Waals surface area contributed by atoms with Crippen LogP contribution in [0.4, 0.5) is 0 Å². The van der Waals surface area contributed by atoms with E-state index in [4.69, 9.17) is 19.5 Å². The minimum Gasteiger partial charge on any atom is -0.493 e. The molecule has 0 spiro atoms. The van der Waals surface area contributed by atoms with Crippen molar-refractivity contribution in [1.82, 2.24) is 5.43 Å². The highest BCUT2D eigenvalue weighted by atomic mass is 16.5. The normalized spacial score (nSPS) is 10.3. The van der Waals surface area contributed by atoms with Gasteiger partial charge in [0.2, 0.25) is 0 Å². The lowest BCUT2D eigenvalue weighted by molar-refractivity contribution is -0.123. The van der Waals surface area contributed by atoms with Crippen molar-refractivity contribution >= 4 is 12.1 Å². The molecule has 0 aliphatic heterocycles. The lowest BCUT2D eigenvalue weighted by atomic mass is 10.0. The number of nitrogens with one attached hydrogen (secondary N) is 1. The van der Waals surface area contributed by atoms with E-state index in [0.717, 1.165) is 16.7 Å². The van der Waals surface area contributed by atoms with Gasteiger partial charge in [-0.05, 0) is 59.2 Å². The standard InChI is InChI=1S/C26H23N3O4/c1-3-14-32-24-13-6-20(15-25(24)31-2)17-28-29-26(30)18-33-23-11-9-22(10-12-23)21-7-4-19(16-27)5-8-21/h3-13,15,17H,1,14,18H2,2H3,(H,29,30)/b28-17+. The molecule has 0 fully saturated rings. The fourth-order valence-electron chi connectivity index (χ4n) is 2.87. The average molecular weight is 441 g/mol. The van der Waals surface area contributed by atoms with Crippen LogP contribution in [0.3, 0.4) is 0 Å². The summed E-state index contributed by atoms with van der Waals surface area (Å²) in [6.45, 7) is 3.81. The van der Waals surface area contributed by atoms with Crippen LogP contribution in [0.5, 0.6) is 17.2 Å². The molecule has 7 nitrogen and oxygen atoms in total. The van der Waals surface area contributed by atoms with E-state index in [1.54, 1.807) is 55.7 Å². The second-order valence-electron chi connectivity index (χ2n) is 6.81. The number of rotatable bonds is 10. The van der Waals surface area contributed by atoms with Crippen molar-refractivity contribution in [2.24, 2.45) is 5.10 Å². The zero-order chi connectivity index (χ0) is 23.5. The van der Waals surface area contributed by atoms with Crippen LogP contribution in [0.15, 0.2) is 84.5 Å². The Labute approximate surface area is 192 Å². The number of nitrogens with zero attached hydrogens (tertiary/aromatic N) is 2. The van der Waals surface area contributed by atoms with Gasteiger partial charge in [0.25, 0.3) is 5.91 Å². The molecule has 0 bridgehead atoms. The van der Waals surface area contributed by atoms with Gasteiger partial charge in [-0.15, -0.1) is 0 Å². The zero-order valence-corrected chi connectivity index (χ0v) is 18.2. The molecule has 0 saturated heterocycles. The molecule has 0 saturated carbocycles. The van der Waals surface area contributed by atoms with Crippen molar-refractivity contribution in [1.29, 1.82) is 5.26 Å². The molecule has 0 aliphatic carbocycles. The van der Waals surface area contributed by atoms with Gasteiger partial charge in [0.15, 0.2) is 18.1 Å². The van der Waals surface area contributed by atoms with Gasteiger partial charge >= 0.3 is 0 Å². The number of carbonyl (C=O) groups is 1. The molecule has 0 aromatic heterocycles. The van der Waals surface area contributed by atoms with Gasteiger partial charge in [-0.2, -0.15) is 10.4 Å². The largest absolute Gasteiger partial charge is 0.493 e. The first-order chi connectivity index (χ1) is 16.1. The van der Waals surface area contributed by atoms with E-state index >= 15 is 0 Å². The fourth-order valence-corrected chi connectivity index (χ4v) is 2.87. The Morgan fingerprint density at radius 2 is 1.73 bits per heavy atom. The number of amides is 1. The fraction of sp³-hybridized carbons (Fsp3) is 0.115. The molecule has 0 radical (unpaired) electrons. The van der Waals surface area contributed by atoms with Crippen LogP contribution in [0.2, 0.25) is 0 Å². The van der Waals surface area contributed by atoms with Crippen molar-refractivity contribution in [2.75, 3.05) is 20.3 Å². The number of nitriles is 1. The molecule has 3 aromatic rings. The summed E-state index contributed by atoms with van der Waals surface area (Å²) in [5, 5.41) is 12.8. The van der Waals surface area contributed by atoms with Crippen LogP contribution in [-0.4, -0.2) is 32.4 Å². The zero-order valence-electron chi connectivity index (χ0n) is 18.2. The number of benzene rings is 3. The Balaban J connectivity index is 1.49. The quantitative estimate of drug-likeness (QED) is 0.287. The first-order valence-electron chi connectivity index (χ1n) is 10.1. The number of methoxy groups -OCH3 is 1. The third-order valence-electron chi connectivity index (χ3n) is 4.52. The molecular weight excluding hydrogens is 418 g/mol. The smallest absolute Gasteiger partial charge is 0.277 e. The molecule has 0 aliphatic rings. The summed E-state index contributed by atoms with van der Waals surface area (Å²) in [5.74, 6) is 1.32. The van der Waals surface area contributed by atoms with Crippen molar-refractivity contribution < 1.29 is 19.0 Å². The van der Waals surface area contributed by atoms with Gasteiger partial charge in [-0.25, -0.2) is 5.43 Å². The number of hydrazone groups is 1. The Hall–Kier alpha value is -4.57. The summed E-state index contributed by atoms with van der Waals surface area (Å²) in [6.07, 6.45) is 3.15. The maximum atomic E-state index is 12.0. The van der Waals surface area contributed by atoms with Gasteiger partial charge in [0.1, 0.15) is 12.4 Å². The first kappa shape index (κ1) is 23.1. The van der Waals surface area contributed by atoms with E-state index in [-0.39, 0.29) is 12.5 Å². The molecule has 1 N–H and O–H groups in total. The maximum absolute atomic E-state index is 12.0. The van der Waals surface area contributed by atoms with E-state index in [0.29, 0.717) is 29.4 Å².